The van der Waals surface area contributed by atoms with Crippen molar-refractivity contribution in [2.75, 3.05) is 44.2 Å². The molecule has 0 bridgehead atoms. The number of aromatic nitrogens is 1. The van der Waals surface area contributed by atoms with Crippen LogP contribution in [0.3, 0.4) is 0 Å². The first-order chi connectivity index (χ1) is 14.0. The maximum atomic E-state index is 12.2. The van der Waals surface area contributed by atoms with Crippen molar-refractivity contribution >= 4 is 11.7 Å². The van der Waals surface area contributed by atoms with Gasteiger partial charge in [-0.1, -0.05) is 32.0 Å². The number of ether oxygens (including phenoxy) is 1. The van der Waals surface area contributed by atoms with E-state index >= 15 is 0 Å². The molecule has 1 aliphatic heterocycles. The maximum absolute atomic E-state index is 12.2. The van der Waals surface area contributed by atoms with E-state index in [1.807, 2.05) is 49.5 Å². The predicted octanol–water partition coefficient (Wildman–Crippen LogP) is 2.91. The third kappa shape index (κ3) is 6.46. The summed E-state index contributed by atoms with van der Waals surface area (Å²) in [6.45, 7) is 11.1. The van der Waals surface area contributed by atoms with Gasteiger partial charge >= 0.3 is 0 Å². The first-order valence-electron chi connectivity index (χ1n) is 10.4. The van der Waals surface area contributed by atoms with E-state index < -0.39 is 0 Å². The molecule has 1 aliphatic rings. The summed E-state index contributed by atoms with van der Waals surface area (Å²) in [5.74, 6) is 2.16. The predicted molar refractivity (Wildman–Crippen MR) is 117 cm³/mol. The van der Waals surface area contributed by atoms with Gasteiger partial charge in [0.25, 0.3) is 5.91 Å². The van der Waals surface area contributed by atoms with Gasteiger partial charge in [-0.15, -0.1) is 0 Å². The van der Waals surface area contributed by atoms with Crippen LogP contribution in [0, 0.1) is 0 Å². The van der Waals surface area contributed by atoms with Crippen molar-refractivity contribution in [2.24, 2.45) is 0 Å². The number of rotatable bonds is 8. The molecule has 2 heterocycles. The van der Waals surface area contributed by atoms with E-state index in [-0.39, 0.29) is 18.6 Å². The second-order valence-corrected chi connectivity index (χ2v) is 7.96. The number of nitrogens with zero attached hydrogens (tertiary/aromatic N) is 3. The summed E-state index contributed by atoms with van der Waals surface area (Å²) in [7, 11) is 0. The number of nitrogens with one attached hydrogen (secondary N) is 1. The highest BCUT2D eigenvalue weighted by Crippen LogP contribution is 2.18. The van der Waals surface area contributed by atoms with Crippen molar-refractivity contribution in [3.8, 4) is 5.75 Å². The summed E-state index contributed by atoms with van der Waals surface area (Å²) < 4.78 is 5.62. The lowest BCUT2D eigenvalue weighted by Gasteiger charge is -2.36. The van der Waals surface area contributed by atoms with Crippen LogP contribution in [0.15, 0.2) is 48.7 Å². The zero-order valence-corrected chi connectivity index (χ0v) is 17.7. The van der Waals surface area contributed by atoms with E-state index in [1.165, 1.54) is 5.56 Å². The van der Waals surface area contributed by atoms with Gasteiger partial charge in [-0.2, -0.15) is 0 Å². The first kappa shape index (κ1) is 21.1. The topological polar surface area (TPSA) is 57.7 Å². The number of carbonyl (C=O) groups excluding carboxylic acids is 1. The van der Waals surface area contributed by atoms with Crippen LogP contribution in [0.2, 0.25) is 0 Å². The summed E-state index contributed by atoms with van der Waals surface area (Å²) in [5, 5.41) is 3.04. The fourth-order valence-electron chi connectivity index (χ4n) is 3.55. The molecule has 2 aromatic rings. The zero-order valence-electron chi connectivity index (χ0n) is 17.7. The Balaban J connectivity index is 1.36. The standard InChI is InChI=1S/C23H32N4O2/c1-18(2)20-7-9-21(10-8-20)29-17-23(28)25-19(3)16-26-12-14-27(15-13-26)22-6-4-5-11-24-22/h4-11,18-19H,12-17H2,1-3H3,(H,25,28). The van der Waals surface area contributed by atoms with Crippen LogP contribution in [-0.4, -0.2) is 61.2 Å². The quantitative estimate of drug-likeness (QED) is 0.744. The molecule has 1 aromatic heterocycles. The van der Waals surface area contributed by atoms with Crippen molar-refractivity contribution in [1.82, 2.24) is 15.2 Å². The maximum Gasteiger partial charge on any atom is 0.258 e. The van der Waals surface area contributed by atoms with Crippen molar-refractivity contribution < 1.29 is 9.53 Å². The molecular formula is C23H32N4O2. The van der Waals surface area contributed by atoms with Crippen LogP contribution >= 0.6 is 0 Å². The normalized spacial score (nSPS) is 15.9. The lowest BCUT2D eigenvalue weighted by atomic mass is 10.0. The summed E-state index contributed by atoms with van der Waals surface area (Å²) in [6.07, 6.45) is 1.83. The Morgan fingerprint density at radius 3 is 2.41 bits per heavy atom. The van der Waals surface area contributed by atoms with E-state index in [0.29, 0.717) is 5.92 Å². The molecule has 0 aliphatic carbocycles. The third-order valence-electron chi connectivity index (χ3n) is 5.20. The minimum absolute atomic E-state index is 0.0405. The smallest absolute Gasteiger partial charge is 0.258 e. The van der Waals surface area contributed by atoms with Gasteiger partial charge in [-0.3, -0.25) is 9.69 Å². The van der Waals surface area contributed by atoms with Gasteiger partial charge in [0.2, 0.25) is 0 Å². The molecule has 1 saturated heterocycles. The van der Waals surface area contributed by atoms with Gasteiger partial charge < -0.3 is 15.0 Å². The minimum atomic E-state index is -0.0856. The largest absolute Gasteiger partial charge is 0.484 e. The number of piperazine rings is 1. The molecule has 0 saturated carbocycles. The number of hydrogen-bond acceptors (Lipinski definition) is 5. The van der Waals surface area contributed by atoms with E-state index in [2.05, 4.69) is 40.0 Å². The Morgan fingerprint density at radius 2 is 1.79 bits per heavy atom. The highest BCUT2D eigenvalue weighted by Gasteiger charge is 2.20. The van der Waals surface area contributed by atoms with Gasteiger partial charge in [-0.05, 0) is 42.7 Å². The first-order valence-corrected chi connectivity index (χ1v) is 10.4. The van der Waals surface area contributed by atoms with E-state index in [4.69, 9.17) is 4.74 Å². The van der Waals surface area contributed by atoms with Gasteiger partial charge in [-0.25, -0.2) is 4.98 Å². The fraction of sp³-hybridized carbons (Fsp3) is 0.478. The van der Waals surface area contributed by atoms with Crippen molar-refractivity contribution in [3.05, 3.63) is 54.2 Å². The molecule has 1 atom stereocenters. The molecule has 1 aromatic carbocycles. The molecule has 6 nitrogen and oxygen atoms in total. The lowest BCUT2D eigenvalue weighted by molar-refractivity contribution is -0.123. The lowest BCUT2D eigenvalue weighted by Crippen LogP contribution is -2.51. The van der Waals surface area contributed by atoms with Crippen molar-refractivity contribution in [2.45, 2.75) is 32.7 Å². The SMILES string of the molecule is CC(CN1CCN(c2ccccn2)CC1)NC(=O)COc1ccc(C(C)C)cc1. The van der Waals surface area contributed by atoms with Crippen LogP contribution in [-0.2, 0) is 4.79 Å². The van der Waals surface area contributed by atoms with Crippen LogP contribution in [0.1, 0.15) is 32.3 Å². The second kappa shape index (κ2) is 10.3. The number of amides is 1. The molecule has 0 radical (unpaired) electrons. The Kier molecular flexibility index (Phi) is 7.47. The number of carbonyl (C=O) groups is 1. The highest BCUT2D eigenvalue weighted by atomic mass is 16.5. The summed E-state index contributed by atoms with van der Waals surface area (Å²) in [6, 6.07) is 14.0. The fourth-order valence-corrected chi connectivity index (χ4v) is 3.55. The Morgan fingerprint density at radius 1 is 1.07 bits per heavy atom. The van der Waals surface area contributed by atoms with E-state index in [1.54, 1.807) is 0 Å². The minimum Gasteiger partial charge on any atom is -0.484 e. The molecule has 29 heavy (non-hydrogen) atoms. The molecule has 156 valence electrons. The van der Waals surface area contributed by atoms with Crippen molar-refractivity contribution in [1.29, 1.82) is 0 Å². The molecule has 6 heteroatoms. The Bertz CT molecular complexity index is 756. The molecule has 0 spiro atoms. The zero-order chi connectivity index (χ0) is 20.6. The van der Waals surface area contributed by atoms with E-state index in [0.717, 1.165) is 44.3 Å². The number of benzene rings is 1. The average molecular weight is 397 g/mol. The number of hydrogen-bond donors (Lipinski definition) is 1. The number of anilines is 1. The second-order valence-electron chi connectivity index (χ2n) is 7.96. The Hall–Kier alpha value is -2.60. The molecule has 1 fully saturated rings. The van der Waals surface area contributed by atoms with Crippen LogP contribution < -0.4 is 15.0 Å². The van der Waals surface area contributed by atoms with Gasteiger partial charge in [0.15, 0.2) is 6.61 Å². The summed E-state index contributed by atoms with van der Waals surface area (Å²) >= 11 is 0. The molecular weight excluding hydrogens is 364 g/mol. The van der Waals surface area contributed by atoms with E-state index in [9.17, 15) is 4.79 Å². The highest BCUT2D eigenvalue weighted by molar-refractivity contribution is 5.77. The third-order valence-corrected chi connectivity index (χ3v) is 5.20. The average Bonchev–Trinajstić information content (AvgIpc) is 2.73. The van der Waals surface area contributed by atoms with Crippen LogP contribution in [0.4, 0.5) is 5.82 Å². The van der Waals surface area contributed by atoms with Gasteiger partial charge in [0.1, 0.15) is 11.6 Å². The molecule has 1 N–H and O–H groups in total. The molecule has 1 amide bonds. The molecule has 1 unspecified atom stereocenters. The Labute approximate surface area is 173 Å². The van der Waals surface area contributed by atoms with Gasteiger partial charge in [0.05, 0.1) is 0 Å². The number of pyridine rings is 1. The summed E-state index contributed by atoms with van der Waals surface area (Å²) in [4.78, 5) is 21.3. The van der Waals surface area contributed by atoms with Crippen LogP contribution in [0.5, 0.6) is 5.75 Å². The summed E-state index contributed by atoms with van der Waals surface area (Å²) in [5.41, 5.74) is 1.26. The van der Waals surface area contributed by atoms with Crippen molar-refractivity contribution in [3.63, 3.8) is 0 Å². The van der Waals surface area contributed by atoms with Crippen LogP contribution in [0.25, 0.3) is 0 Å². The monoisotopic (exact) mass is 396 g/mol. The van der Waals surface area contributed by atoms with Gasteiger partial charge in [0, 0.05) is 45.0 Å². The molecule has 3 rings (SSSR count).